The molecule has 0 N–H and O–H groups in total. The van der Waals surface area contributed by atoms with Crippen molar-refractivity contribution in [3.8, 4) is 39.5 Å². The lowest BCUT2D eigenvalue weighted by molar-refractivity contribution is 0.660. The van der Waals surface area contributed by atoms with E-state index in [2.05, 4.69) is 170 Å². The van der Waals surface area contributed by atoms with Crippen molar-refractivity contribution in [1.82, 2.24) is 14.5 Å². The number of para-hydroxylation sites is 3. The van der Waals surface area contributed by atoms with Crippen LogP contribution >= 0.6 is 11.3 Å². The van der Waals surface area contributed by atoms with Gasteiger partial charge >= 0.3 is 0 Å². The predicted molar refractivity (Wildman–Crippen MR) is 215 cm³/mol. The molecule has 1 aliphatic carbocycles. The molecule has 240 valence electrons. The van der Waals surface area contributed by atoms with Gasteiger partial charge in [0.25, 0.3) is 0 Å². The Kier molecular flexibility index (Phi) is 5.89. The highest BCUT2D eigenvalue weighted by Gasteiger charge is 2.35. The molecule has 51 heavy (non-hydrogen) atoms. The van der Waals surface area contributed by atoms with Crippen molar-refractivity contribution in [3.05, 3.63) is 163 Å². The molecule has 11 rings (SSSR count). The van der Waals surface area contributed by atoms with Gasteiger partial charge in [0.2, 0.25) is 0 Å². The summed E-state index contributed by atoms with van der Waals surface area (Å²) in [6.07, 6.45) is 0. The number of fused-ring (bicyclic) bond motifs is 11. The van der Waals surface area contributed by atoms with Crippen molar-refractivity contribution in [2.24, 2.45) is 0 Å². The quantitative estimate of drug-likeness (QED) is 0.187. The summed E-state index contributed by atoms with van der Waals surface area (Å²) in [6.45, 7) is 4.67. The number of hydrogen-bond acceptors (Lipinski definition) is 3. The molecule has 1 aliphatic rings. The largest absolute Gasteiger partial charge is 0.309 e. The zero-order valence-electron chi connectivity index (χ0n) is 28.2. The highest BCUT2D eigenvalue weighted by Crippen LogP contribution is 2.50. The number of nitrogens with zero attached hydrogens (tertiary/aromatic N) is 3. The second-order valence-corrected chi connectivity index (χ2v) is 15.2. The molecule has 0 spiro atoms. The van der Waals surface area contributed by atoms with Gasteiger partial charge in [0.1, 0.15) is 0 Å². The summed E-state index contributed by atoms with van der Waals surface area (Å²) < 4.78 is 4.90. The lowest BCUT2D eigenvalue weighted by atomic mass is 9.82. The van der Waals surface area contributed by atoms with Gasteiger partial charge in [-0.05, 0) is 64.7 Å². The van der Waals surface area contributed by atoms with Crippen LogP contribution in [0.2, 0.25) is 0 Å². The fourth-order valence-corrected chi connectivity index (χ4v) is 9.97. The molecule has 3 aromatic heterocycles. The maximum atomic E-state index is 5.43. The molecule has 0 saturated heterocycles. The van der Waals surface area contributed by atoms with Crippen molar-refractivity contribution < 1.29 is 0 Å². The lowest BCUT2D eigenvalue weighted by Crippen LogP contribution is -2.14. The summed E-state index contributed by atoms with van der Waals surface area (Å²) in [5.41, 5.74) is 13.0. The normalized spacial score (nSPS) is 13.5. The van der Waals surface area contributed by atoms with E-state index in [9.17, 15) is 0 Å². The number of hydrogen-bond donors (Lipinski definition) is 0. The van der Waals surface area contributed by atoms with Gasteiger partial charge < -0.3 is 4.57 Å². The molecule has 3 nitrogen and oxygen atoms in total. The molecule has 0 fully saturated rings. The Bertz CT molecular complexity index is 3060. The molecule has 0 unspecified atom stereocenters. The van der Waals surface area contributed by atoms with Crippen molar-refractivity contribution in [2.75, 3.05) is 0 Å². The van der Waals surface area contributed by atoms with E-state index in [1.54, 1.807) is 0 Å². The first kappa shape index (κ1) is 28.7. The van der Waals surface area contributed by atoms with Crippen molar-refractivity contribution >= 4 is 64.2 Å². The van der Waals surface area contributed by atoms with Gasteiger partial charge in [-0.3, -0.25) is 0 Å². The highest BCUT2D eigenvalue weighted by atomic mass is 32.1. The van der Waals surface area contributed by atoms with Crippen LogP contribution in [0.3, 0.4) is 0 Å². The van der Waals surface area contributed by atoms with Crippen LogP contribution in [0.15, 0.2) is 152 Å². The van der Waals surface area contributed by atoms with Gasteiger partial charge in [-0.2, -0.15) is 0 Å². The Balaban J connectivity index is 1.15. The van der Waals surface area contributed by atoms with E-state index < -0.39 is 0 Å². The minimum Gasteiger partial charge on any atom is -0.309 e. The SMILES string of the molecule is CC1(C)c2ccccc2-c2ccc(-c3nc(-c4cccc5c4sc4c5ccc5c4c4ccccc4n5-c4ccccc4)nc4ccccc34)cc21. The fourth-order valence-electron chi connectivity index (χ4n) is 8.61. The van der Waals surface area contributed by atoms with Crippen LogP contribution in [-0.4, -0.2) is 14.5 Å². The lowest BCUT2D eigenvalue weighted by Gasteiger charge is -2.22. The number of benzene rings is 7. The van der Waals surface area contributed by atoms with E-state index in [0.29, 0.717) is 0 Å². The smallest absolute Gasteiger partial charge is 0.161 e. The summed E-state index contributed by atoms with van der Waals surface area (Å²) in [7, 11) is 0. The van der Waals surface area contributed by atoms with Gasteiger partial charge in [-0.1, -0.05) is 123 Å². The molecule has 7 aromatic carbocycles. The Hall–Kier alpha value is -6.10. The Morgan fingerprint density at radius 1 is 0.510 bits per heavy atom. The molecule has 0 amide bonds. The number of thiophene rings is 1. The molecule has 10 aromatic rings. The van der Waals surface area contributed by atoms with Crippen molar-refractivity contribution in [3.63, 3.8) is 0 Å². The first-order chi connectivity index (χ1) is 25.1. The summed E-state index contributed by atoms with van der Waals surface area (Å²) >= 11 is 1.86. The van der Waals surface area contributed by atoms with Crippen LogP contribution in [0.25, 0.3) is 92.3 Å². The summed E-state index contributed by atoms with van der Waals surface area (Å²) in [6, 6.07) is 54.8. The minimum absolute atomic E-state index is 0.0920. The van der Waals surface area contributed by atoms with Crippen LogP contribution in [0.1, 0.15) is 25.0 Å². The number of aromatic nitrogens is 3. The van der Waals surface area contributed by atoms with E-state index >= 15 is 0 Å². The van der Waals surface area contributed by atoms with E-state index in [4.69, 9.17) is 9.97 Å². The van der Waals surface area contributed by atoms with Gasteiger partial charge in [0, 0.05) is 58.6 Å². The molecule has 0 atom stereocenters. The average molecular weight is 670 g/mol. The van der Waals surface area contributed by atoms with Crippen molar-refractivity contribution in [2.45, 2.75) is 19.3 Å². The molecular weight excluding hydrogens is 639 g/mol. The predicted octanol–water partition coefficient (Wildman–Crippen LogP) is 12.7. The molecule has 0 bridgehead atoms. The second-order valence-electron chi connectivity index (χ2n) is 14.2. The third-order valence-corrected chi connectivity index (χ3v) is 12.3. The van der Waals surface area contributed by atoms with Gasteiger partial charge in [-0.25, -0.2) is 9.97 Å². The van der Waals surface area contributed by atoms with Crippen molar-refractivity contribution in [1.29, 1.82) is 0 Å². The van der Waals surface area contributed by atoms with Crippen LogP contribution in [0.5, 0.6) is 0 Å². The average Bonchev–Trinajstić information content (AvgIpc) is 3.80. The van der Waals surface area contributed by atoms with E-state index in [1.165, 1.54) is 69.9 Å². The molecule has 0 aliphatic heterocycles. The first-order valence-corrected chi connectivity index (χ1v) is 18.3. The van der Waals surface area contributed by atoms with E-state index in [-0.39, 0.29) is 5.41 Å². The standard InChI is InChI=1S/C47H31N3S/c1-47(2)37-20-9-6-15-30(37)31-24-23-28(27-38(31)47)43-34-16-7-10-21-39(34)48-46(49-43)36-19-12-18-32-33-25-26-41-42(45(33)51-44(32)36)35-17-8-11-22-40(35)50(41)29-13-4-3-5-14-29/h3-27H,1-2H3. The Morgan fingerprint density at radius 2 is 1.22 bits per heavy atom. The van der Waals surface area contributed by atoms with Gasteiger partial charge in [0.05, 0.1) is 22.2 Å². The summed E-state index contributed by atoms with van der Waals surface area (Å²) in [4.78, 5) is 10.7. The second kappa shape index (κ2) is 10.5. The Labute approximate surface area is 299 Å². The summed E-state index contributed by atoms with van der Waals surface area (Å²) in [5.74, 6) is 0.756. The zero-order valence-corrected chi connectivity index (χ0v) is 29.0. The maximum Gasteiger partial charge on any atom is 0.161 e. The zero-order chi connectivity index (χ0) is 33.8. The van der Waals surface area contributed by atoms with Crippen LogP contribution in [0, 0.1) is 0 Å². The van der Waals surface area contributed by atoms with Crippen LogP contribution < -0.4 is 0 Å². The maximum absolute atomic E-state index is 5.43. The van der Waals surface area contributed by atoms with Gasteiger partial charge in [-0.15, -0.1) is 11.3 Å². The number of rotatable bonds is 3. The Morgan fingerprint density at radius 3 is 2.12 bits per heavy atom. The highest BCUT2D eigenvalue weighted by molar-refractivity contribution is 7.27. The topological polar surface area (TPSA) is 30.7 Å². The fraction of sp³-hybridized carbons (Fsp3) is 0.0638. The van der Waals surface area contributed by atoms with E-state index in [1.807, 2.05) is 11.3 Å². The third-order valence-electron chi connectivity index (χ3n) is 11.0. The summed E-state index contributed by atoms with van der Waals surface area (Å²) in [5, 5.41) is 6.12. The molecule has 0 saturated carbocycles. The monoisotopic (exact) mass is 669 g/mol. The molecule has 0 radical (unpaired) electrons. The van der Waals surface area contributed by atoms with E-state index in [0.717, 1.165) is 33.5 Å². The molecule has 3 heterocycles. The first-order valence-electron chi connectivity index (χ1n) is 17.5. The van der Waals surface area contributed by atoms with Gasteiger partial charge in [0.15, 0.2) is 5.82 Å². The molecule has 4 heteroatoms. The third kappa shape index (κ3) is 3.99. The molecular formula is C47H31N3S. The minimum atomic E-state index is -0.0920. The van der Waals surface area contributed by atoms with Crippen LogP contribution in [-0.2, 0) is 5.41 Å². The van der Waals surface area contributed by atoms with Crippen LogP contribution in [0.4, 0.5) is 0 Å².